The van der Waals surface area contributed by atoms with Crippen LogP contribution in [0, 0.1) is 12.3 Å². The smallest absolute Gasteiger partial charge is 0.116 e. The molecule has 1 aromatic heterocycles. The second-order valence-corrected chi connectivity index (χ2v) is 10.8. The van der Waals surface area contributed by atoms with Crippen LogP contribution in [0.2, 0.25) is 0 Å². The molecule has 2 heteroatoms. The van der Waals surface area contributed by atoms with Gasteiger partial charge in [0.1, 0.15) is 6.29 Å². The van der Waals surface area contributed by atoms with E-state index >= 15 is 0 Å². The van der Waals surface area contributed by atoms with Gasteiger partial charge in [0.2, 0.25) is 0 Å². The van der Waals surface area contributed by atoms with Crippen LogP contribution in [0.3, 0.4) is 0 Å². The van der Waals surface area contributed by atoms with Crippen LogP contribution in [0.5, 0.6) is 0 Å². The van der Waals surface area contributed by atoms with Crippen molar-refractivity contribution in [2.75, 3.05) is 0 Å². The number of unbranched alkanes of at least 4 members (excludes halogenated alkanes) is 4. The van der Waals surface area contributed by atoms with E-state index in [1.54, 1.807) is 0 Å². The number of allylic oxidation sites excluding steroid dienone is 1. The molecule has 0 saturated heterocycles. The van der Waals surface area contributed by atoms with Gasteiger partial charge in [-0.3, -0.25) is 4.98 Å². The van der Waals surface area contributed by atoms with Crippen LogP contribution in [0.1, 0.15) is 109 Å². The molecule has 0 aliphatic heterocycles. The average molecular weight is 564 g/mol. The summed E-state index contributed by atoms with van der Waals surface area (Å²) in [5.74, 6) is 2.71. The van der Waals surface area contributed by atoms with E-state index in [1.165, 1.54) is 83.7 Å². The zero-order valence-electron chi connectivity index (χ0n) is 26.9. The van der Waals surface area contributed by atoms with Gasteiger partial charge < -0.3 is 4.79 Å². The third kappa shape index (κ3) is 15.3. The molecule has 3 aromatic rings. The van der Waals surface area contributed by atoms with Crippen LogP contribution < -0.4 is 10.4 Å². The highest BCUT2D eigenvalue weighted by molar-refractivity contribution is 5.64. The Hall–Kier alpha value is -3.70. The highest BCUT2D eigenvalue weighted by Crippen LogP contribution is 2.24. The van der Waals surface area contributed by atoms with E-state index in [1.807, 2.05) is 18.5 Å². The summed E-state index contributed by atoms with van der Waals surface area (Å²) in [5.41, 5.74) is 7.75. The molecule has 3 rings (SSSR count). The van der Waals surface area contributed by atoms with Crippen molar-refractivity contribution in [1.29, 1.82) is 0 Å². The predicted octanol–water partition coefficient (Wildman–Crippen LogP) is 9.41. The van der Waals surface area contributed by atoms with Gasteiger partial charge in [0.25, 0.3) is 0 Å². The molecule has 0 fully saturated rings. The van der Waals surface area contributed by atoms with Gasteiger partial charge in [-0.15, -0.1) is 13.0 Å². The van der Waals surface area contributed by atoms with Gasteiger partial charge in [-0.05, 0) is 116 Å². The van der Waals surface area contributed by atoms with E-state index in [4.69, 9.17) is 11.2 Å². The predicted molar refractivity (Wildman–Crippen MR) is 185 cm³/mol. The minimum Gasteiger partial charge on any atom is -0.304 e. The molecule has 0 atom stereocenters. The standard InChI is InChI=1S/C21H27N.C17H22.C2H4O/c1-4-7-18-14-19(9-6-5-8-17(2)3)16-21(15-18)20-10-12-22-13-11-20;1-4-7-9-11-17-14-15(6-3)12-13-16(17)10-8-5-2;1-2-3/h10-16H,2,4-9H2,1,3H3;3,10-14H,4-5,7-9H2,1-2H3;2H,1H3/b;16-10+,17-11-;. The Morgan fingerprint density at radius 1 is 0.810 bits per heavy atom. The summed E-state index contributed by atoms with van der Waals surface area (Å²) >= 11 is 0. The molecule has 42 heavy (non-hydrogen) atoms. The van der Waals surface area contributed by atoms with E-state index in [-0.39, 0.29) is 0 Å². The van der Waals surface area contributed by atoms with Crippen LogP contribution >= 0.6 is 0 Å². The topological polar surface area (TPSA) is 30.0 Å². The Balaban J connectivity index is 0.000000395. The van der Waals surface area contributed by atoms with Crippen molar-refractivity contribution < 1.29 is 4.79 Å². The lowest BCUT2D eigenvalue weighted by atomic mass is 9.95. The minimum absolute atomic E-state index is 0.750. The Morgan fingerprint density at radius 2 is 1.48 bits per heavy atom. The van der Waals surface area contributed by atoms with E-state index in [0.717, 1.165) is 44.0 Å². The lowest BCUT2D eigenvalue weighted by Gasteiger charge is -2.10. The fourth-order valence-electron chi connectivity index (χ4n) is 4.60. The largest absolute Gasteiger partial charge is 0.304 e. The number of terminal acetylenes is 1. The molecule has 0 aliphatic rings. The molecule has 0 bridgehead atoms. The van der Waals surface area contributed by atoms with Crippen molar-refractivity contribution in [3.8, 4) is 23.5 Å². The van der Waals surface area contributed by atoms with Gasteiger partial charge in [-0.1, -0.05) is 94.4 Å². The molecule has 0 radical (unpaired) electrons. The molecule has 224 valence electrons. The number of carbonyl (C=O) groups excluding carboxylic acids is 1. The van der Waals surface area contributed by atoms with Crippen LogP contribution in [-0.2, 0) is 17.6 Å². The van der Waals surface area contributed by atoms with Crippen molar-refractivity contribution in [2.24, 2.45) is 0 Å². The van der Waals surface area contributed by atoms with Crippen LogP contribution in [0.15, 0.2) is 73.1 Å². The first-order valence-electron chi connectivity index (χ1n) is 15.8. The maximum absolute atomic E-state index is 8.81. The molecule has 0 aliphatic carbocycles. The molecule has 0 N–H and O–H groups in total. The number of hydrogen-bond donors (Lipinski definition) is 0. The molecule has 0 spiro atoms. The average Bonchev–Trinajstić information content (AvgIpc) is 3.00. The molecule has 0 unspecified atom stereocenters. The quantitative estimate of drug-likeness (QED) is 0.0897. The van der Waals surface area contributed by atoms with Gasteiger partial charge in [-0.2, -0.15) is 0 Å². The normalized spacial score (nSPS) is 11.0. The summed E-state index contributed by atoms with van der Waals surface area (Å²) in [5, 5.41) is 2.62. The second kappa shape index (κ2) is 22.9. The highest BCUT2D eigenvalue weighted by Gasteiger charge is 2.04. The molecular formula is C40H53NO. The Bertz CT molecular complexity index is 1340. The number of nitrogens with zero attached hydrogens (tertiary/aromatic N) is 1. The maximum atomic E-state index is 8.81. The number of benzene rings is 2. The van der Waals surface area contributed by atoms with Crippen molar-refractivity contribution in [1.82, 2.24) is 4.98 Å². The van der Waals surface area contributed by atoms with Gasteiger partial charge >= 0.3 is 0 Å². The maximum Gasteiger partial charge on any atom is 0.116 e. The van der Waals surface area contributed by atoms with E-state index in [9.17, 15) is 0 Å². The first-order valence-corrected chi connectivity index (χ1v) is 15.8. The van der Waals surface area contributed by atoms with Gasteiger partial charge in [-0.25, -0.2) is 0 Å². The monoisotopic (exact) mass is 563 g/mol. The molecule has 0 saturated carbocycles. The van der Waals surface area contributed by atoms with Crippen molar-refractivity contribution in [2.45, 2.75) is 105 Å². The zero-order chi connectivity index (χ0) is 31.0. The lowest BCUT2D eigenvalue weighted by molar-refractivity contribution is -0.106. The molecule has 1 heterocycles. The lowest BCUT2D eigenvalue weighted by Crippen LogP contribution is -2.24. The summed E-state index contributed by atoms with van der Waals surface area (Å²) in [4.78, 5) is 12.9. The highest BCUT2D eigenvalue weighted by atomic mass is 16.1. The summed E-state index contributed by atoms with van der Waals surface area (Å²) in [6.07, 6.45) is 27.6. The van der Waals surface area contributed by atoms with E-state index in [0.29, 0.717) is 0 Å². The van der Waals surface area contributed by atoms with E-state index < -0.39 is 0 Å². The summed E-state index contributed by atoms with van der Waals surface area (Å²) in [7, 11) is 0. The third-order valence-corrected chi connectivity index (χ3v) is 6.75. The zero-order valence-corrected chi connectivity index (χ0v) is 26.9. The van der Waals surface area contributed by atoms with Gasteiger partial charge in [0.15, 0.2) is 0 Å². The summed E-state index contributed by atoms with van der Waals surface area (Å²) < 4.78 is 0. The minimum atomic E-state index is 0.750. The summed E-state index contributed by atoms with van der Waals surface area (Å²) in [6.45, 7) is 14.2. The van der Waals surface area contributed by atoms with Gasteiger partial charge in [0.05, 0.1) is 0 Å². The van der Waals surface area contributed by atoms with Crippen LogP contribution in [-0.4, -0.2) is 11.3 Å². The Kier molecular flexibility index (Phi) is 19.8. The number of rotatable bonds is 13. The van der Waals surface area contributed by atoms with Crippen molar-refractivity contribution in [3.05, 3.63) is 100 Å². The number of carbonyl (C=O) groups is 1. The number of pyridine rings is 1. The SMILES string of the molecule is C#Cc1ccc(=C\CCC)/c(=C\CCCC)c1.C=C(C)CCCCc1cc(CCC)cc(-c2ccncc2)c1.CC=O. The number of aryl methyl sites for hydroxylation is 2. The van der Waals surface area contributed by atoms with Crippen LogP contribution in [0.25, 0.3) is 23.3 Å². The Labute approximate surface area is 256 Å². The van der Waals surface area contributed by atoms with Crippen molar-refractivity contribution in [3.63, 3.8) is 0 Å². The fourth-order valence-corrected chi connectivity index (χ4v) is 4.60. The fraction of sp³-hybridized carbons (Fsp3) is 0.400. The third-order valence-electron chi connectivity index (χ3n) is 6.75. The molecule has 2 nitrogen and oxygen atoms in total. The molecular weight excluding hydrogens is 510 g/mol. The molecule has 0 amide bonds. The van der Waals surface area contributed by atoms with Gasteiger partial charge in [0, 0.05) is 18.0 Å². The number of hydrogen-bond acceptors (Lipinski definition) is 2. The first-order chi connectivity index (χ1) is 20.4. The second-order valence-electron chi connectivity index (χ2n) is 10.8. The molecule has 2 aromatic carbocycles. The first kappa shape index (κ1) is 36.3. The van der Waals surface area contributed by atoms with Crippen LogP contribution in [0.4, 0.5) is 0 Å². The number of aromatic nitrogens is 1. The number of aldehydes is 1. The van der Waals surface area contributed by atoms with Crippen molar-refractivity contribution >= 4 is 18.4 Å². The Morgan fingerprint density at radius 3 is 2.07 bits per heavy atom. The van der Waals surface area contributed by atoms with E-state index in [2.05, 4.69) is 99.8 Å². The summed E-state index contributed by atoms with van der Waals surface area (Å²) in [6, 6.07) is 17.5.